The number of hydrogen-bond donors (Lipinski definition) is 0. The second kappa shape index (κ2) is 5.80. The van der Waals surface area contributed by atoms with Crippen molar-refractivity contribution in [2.24, 2.45) is 11.8 Å². The van der Waals surface area contributed by atoms with E-state index in [2.05, 4.69) is 12.6 Å². The van der Waals surface area contributed by atoms with Crippen molar-refractivity contribution >= 4 is 0 Å². The monoisotopic (exact) mass is 177 g/mol. The zero-order valence-electron chi connectivity index (χ0n) is 8.34. The van der Waals surface area contributed by atoms with Gasteiger partial charge in [0.25, 0.3) is 0 Å². The summed E-state index contributed by atoms with van der Waals surface area (Å²) in [5.41, 5.74) is 0. The molecule has 0 aromatic rings. The Morgan fingerprint density at radius 1 is 1.38 bits per heavy atom. The Balaban J connectivity index is 2.28. The third kappa shape index (κ3) is 3.22. The number of allylic oxidation sites excluding steroid dienone is 1. The quantitative estimate of drug-likeness (QED) is 0.474. The van der Waals surface area contributed by atoms with Gasteiger partial charge in [-0.25, -0.2) is 0 Å². The van der Waals surface area contributed by atoms with Crippen LogP contribution in [0.1, 0.15) is 44.9 Å². The highest BCUT2D eigenvalue weighted by molar-refractivity contribution is 4.90. The minimum Gasteiger partial charge on any atom is -0.198 e. The third-order valence-corrected chi connectivity index (χ3v) is 3.06. The molecule has 1 nitrogen and oxygen atoms in total. The molecule has 1 fully saturated rings. The molecular formula is C12H19N. The molecule has 72 valence electrons. The number of rotatable bonds is 4. The molecule has 1 heteroatoms. The number of nitriles is 1. The van der Waals surface area contributed by atoms with Gasteiger partial charge in [0.2, 0.25) is 0 Å². The minimum atomic E-state index is 0.346. The van der Waals surface area contributed by atoms with Gasteiger partial charge in [-0.05, 0) is 38.0 Å². The first kappa shape index (κ1) is 10.3. The molecule has 1 aliphatic carbocycles. The first-order chi connectivity index (χ1) is 6.38. The first-order valence-corrected chi connectivity index (χ1v) is 5.39. The fourth-order valence-corrected chi connectivity index (χ4v) is 2.25. The van der Waals surface area contributed by atoms with E-state index in [9.17, 15) is 0 Å². The van der Waals surface area contributed by atoms with Crippen LogP contribution < -0.4 is 0 Å². The second-order valence-electron chi connectivity index (χ2n) is 4.00. The standard InChI is InChI=1S/C12H19N/c1-2-3-4-7-11-8-5-6-9-12(11)10-13/h2,11-12H,1,3-9H2. The van der Waals surface area contributed by atoms with E-state index >= 15 is 0 Å². The maximum atomic E-state index is 8.95. The lowest BCUT2D eigenvalue weighted by Crippen LogP contribution is -2.17. The number of hydrogen-bond acceptors (Lipinski definition) is 1. The van der Waals surface area contributed by atoms with Crippen LogP contribution in [0, 0.1) is 23.2 Å². The summed E-state index contributed by atoms with van der Waals surface area (Å²) in [7, 11) is 0. The van der Waals surface area contributed by atoms with Gasteiger partial charge in [-0.2, -0.15) is 5.26 Å². The molecule has 0 aliphatic heterocycles. The summed E-state index contributed by atoms with van der Waals surface area (Å²) in [5, 5.41) is 8.95. The van der Waals surface area contributed by atoms with Crippen LogP contribution in [0.25, 0.3) is 0 Å². The van der Waals surface area contributed by atoms with Crippen LogP contribution in [-0.2, 0) is 0 Å². The SMILES string of the molecule is C=CCCCC1CCCCC1C#N. The fourth-order valence-electron chi connectivity index (χ4n) is 2.25. The molecule has 0 amide bonds. The summed E-state index contributed by atoms with van der Waals surface area (Å²) >= 11 is 0. The van der Waals surface area contributed by atoms with Gasteiger partial charge in [0, 0.05) is 5.92 Å². The van der Waals surface area contributed by atoms with Crippen LogP contribution >= 0.6 is 0 Å². The Hall–Kier alpha value is -0.770. The van der Waals surface area contributed by atoms with Crippen molar-refractivity contribution in [2.75, 3.05) is 0 Å². The molecule has 2 unspecified atom stereocenters. The molecule has 2 atom stereocenters. The molecule has 1 aliphatic rings. The van der Waals surface area contributed by atoms with Crippen LogP contribution in [0.15, 0.2) is 12.7 Å². The molecule has 13 heavy (non-hydrogen) atoms. The van der Waals surface area contributed by atoms with Crippen molar-refractivity contribution in [1.82, 2.24) is 0 Å². The summed E-state index contributed by atoms with van der Waals surface area (Å²) < 4.78 is 0. The van der Waals surface area contributed by atoms with E-state index in [1.807, 2.05) is 6.08 Å². The Morgan fingerprint density at radius 3 is 2.85 bits per heavy atom. The van der Waals surface area contributed by atoms with Crippen molar-refractivity contribution in [3.63, 3.8) is 0 Å². The van der Waals surface area contributed by atoms with Crippen LogP contribution in [0.3, 0.4) is 0 Å². The predicted molar refractivity (Wildman–Crippen MR) is 55.1 cm³/mol. The third-order valence-electron chi connectivity index (χ3n) is 3.06. The average molecular weight is 177 g/mol. The van der Waals surface area contributed by atoms with E-state index in [0.29, 0.717) is 11.8 Å². The molecule has 0 heterocycles. The molecule has 0 aromatic carbocycles. The Bertz CT molecular complexity index is 190. The van der Waals surface area contributed by atoms with Gasteiger partial charge in [-0.1, -0.05) is 18.9 Å². The van der Waals surface area contributed by atoms with Crippen LogP contribution in [0.5, 0.6) is 0 Å². The van der Waals surface area contributed by atoms with Crippen molar-refractivity contribution in [3.05, 3.63) is 12.7 Å². The van der Waals surface area contributed by atoms with Crippen molar-refractivity contribution < 1.29 is 0 Å². The largest absolute Gasteiger partial charge is 0.198 e. The zero-order valence-corrected chi connectivity index (χ0v) is 8.34. The van der Waals surface area contributed by atoms with E-state index in [1.165, 1.54) is 32.1 Å². The summed E-state index contributed by atoms with van der Waals surface area (Å²) in [5.74, 6) is 1.03. The maximum absolute atomic E-state index is 8.95. The highest BCUT2D eigenvalue weighted by Gasteiger charge is 2.23. The van der Waals surface area contributed by atoms with Crippen LogP contribution in [0.4, 0.5) is 0 Å². The zero-order chi connectivity index (χ0) is 9.52. The highest BCUT2D eigenvalue weighted by atomic mass is 14.3. The molecule has 0 saturated heterocycles. The van der Waals surface area contributed by atoms with Gasteiger partial charge < -0.3 is 0 Å². The van der Waals surface area contributed by atoms with E-state index < -0.39 is 0 Å². The van der Waals surface area contributed by atoms with Crippen molar-refractivity contribution in [3.8, 4) is 6.07 Å². The van der Waals surface area contributed by atoms with Gasteiger partial charge in [-0.15, -0.1) is 6.58 Å². The minimum absolute atomic E-state index is 0.346. The number of nitrogens with zero attached hydrogens (tertiary/aromatic N) is 1. The van der Waals surface area contributed by atoms with Crippen molar-refractivity contribution in [2.45, 2.75) is 44.9 Å². The van der Waals surface area contributed by atoms with Gasteiger partial charge in [0.1, 0.15) is 0 Å². The first-order valence-electron chi connectivity index (χ1n) is 5.39. The van der Waals surface area contributed by atoms with E-state index in [-0.39, 0.29) is 0 Å². The van der Waals surface area contributed by atoms with Gasteiger partial charge in [0.15, 0.2) is 0 Å². The van der Waals surface area contributed by atoms with E-state index in [4.69, 9.17) is 5.26 Å². The molecule has 0 N–H and O–H groups in total. The predicted octanol–water partition coefficient (Wildman–Crippen LogP) is 3.67. The smallest absolute Gasteiger partial charge is 0.0658 e. The summed E-state index contributed by atoms with van der Waals surface area (Å²) in [6, 6.07) is 2.46. The molecule has 0 radical (unpaired) electrons. The van der Waals surface area contributed by atoms with Gasteiger partial charge in [-0.3, -0.25) is 0 Å². The summed E-state index contributed by atoms with van der Waals surface area (Å²) in [6.45, 7) is 3.72. The molecule has 0 spiro atoms. The normalized spacial score (nSPS) is 27.9. The summed E-state index contributed by atoms with van der Waals surface area (Å²) in [6.07, 6.45) is 10.5. The maximum Gasteiger partial charge on any atom is 0.0658 e. The van der Waals surface area contributed by atoms with Crippen molar-refractivity contribution in [1.29, 1.82) is 5.26 Å². The lowest BCUT2D eigenvalue weighted by molar-refractivity contribution is 0.270. The van der Waals surface area contributed by atoms with Crippen LogP contribution in [0.2, 0.25) is 0 Å². The molecule has 1 saturated carbocycles. The van der Waals surface area contributed by atoms with E-state index in [1.54, 1.807) is 0 Å². The van der Waals surface area contributed by atoms with E-state index in [0.717, 1.165) is 12.8 Å². The highest BCUT2D eigenvalue weighted by Crippen LogP contribution is 2.32. The lowest BCUT2D eigenvalue weighted by atomic mass is 9.77. The topological polar surface area (TPSA) is 23.8 Å². The Labute approximate surface area is 81.5 Å². The lowest BCUT2D eigenvalue weighted by Gasteiger charge is -2.26. The Kier molecular flexibility index (Phi) is 4.60. The second-order valence-corrected chi connectivity index (χ2v) is 4.00. The average Bonchev–Trinajstić information content (AvgIpc) is 2.19. The molecule has 0 aromatic heterocycles. The molecular weight excluding hydrogens is 158 g/mol. The van der Waals surface area contributed by atoms with Gasteiger partial charge in [0.05, 0.1) is 6.07 Å². The van der Waals surface area contributed by atoms with Crippen LogP contribution in [-0.4, -0.2) is 0 Å². The summed E-state index contributed by atoms with van der Waals surface area (Å²) in [4.78, 5) is 0. The molecule has 0 bridgehead atoms. The fraction of sp³-hybridized carbons (Fsp3) is 0.750. The number of unbranched alkanes of at least 4 members (excludes halogenated alkanes) is 1. The van der Waals surface area contributed by atoms with Gasteiger partial charge >= 0.3 is 0 Å². The Morgan fingerprint density at radius 2 is 2.15 bits per heavy atom. The molecule has 1 rings (SSSR count).